The van der Waals surface area contributed by atoms with Crippen LogP contribution in [0.15, 0.2) is 60.7 Å². The van der Waals surface area contributed by atoms with Gasteiger partial charge in [0.15, 0.2) is 5.82 Å². The zero-order valence-electron chi connectivity index (χ0n) is 12.9. The molecule has 0 unspecified atom stereocenters. The molecule has 0 aliphatic carbocycles. The van der Waals surface area contributed by atoms with E-state index in [0.717, 1.165) is 34.6 Å². The fourth-order valence-corrected chi connectivity index (χ4v) is 2.32. The van der Waals surface area contributed by atoms with Gasteiger partial charge in [0.25, 0.3) is 0 Å². The van der Waals surface area contributed by atoms with Gasteiger partial charge in [-0.1, -0.05) is 42.5 Å². The molecule has 2 aromatic carbocycles. The van der Waals surface area contributed by atoms with Crippen LogP contribution in [0.3, 0.4) is 0 Å². The van der Waals surface area contributed by atoms with Crippen LogP contribution in [-0.4, -0.2) is 16.3 Å². The van der Waals surface area contributed by atoms with E-state index < -0.39 is 0 Å². The number of nitrogens with one attached hydrogen (secondary N) is 1. The lowest BCUT2D eigenvalue weighted by molar-refractivity contribution is -0.107. The summed E-state index contributed by atoms with van der Waals surface area (Å²) in [6.07, 6.45) is 1.34. The molecule has 0 saturated heterocycles. The van der Waals surface area contributed by atoms with Gasteiger partial charge < -0.3 is 10.1 Å². The van der Waals surface area contributed by atoms with Crippen LogP contribution in [0.1, 0.15) is 11.3 Å². The maximum absolute atomic E-state index is 10.5. The van der Waals surface area contributed by atoms with Gasteiger partial charge in [-0.2, -0.15) is 0 Å². The lowest BCUT2D eigenvalue weighted by Crippen LogP contribution is -1.99. The Morgan fingerprint density at radius 2 is 1.74 bits per heavy atom. The van der Waals surface area contributed by atoms with E-state index in [1.165, 1.54) is 0 Å². The molecule has 114 valence electrons. The van der Waals surface area contributed by atoms with Crippen molar-refractivity contribution in [2.45, 2.75) is 13.3 Å². The third kappa shape index (κ3) is 3.80. The second-order valence-corrected chi connectivity index (χ2v) is 5.28. The minimum absolute atomic E-state index is 0.436. The number of carbonyl (C=O) groups excluding carboxylic acids is 1. The highest BCUT2D eigenvalue weighted by Gasteiger charge is 2.05. The van der Waals surface area contributed by atoms with Gasteiger partial charge >= 0.3 is 0 Å². The normalized spacial score (nSPS) is 10.3. The van der Waals surface area contributed by atoms with E-state index in [2.05, 4.69) is 15.3 Å². The third-order valence-corrected chi connectivity index (χ3v) is 3.43. The summed E-state index contributed by atoms with van der Waals surface area (Å²) in [6.45, 7) is 1.95. The molecule has 0 aliphatic heterocycles. The van der Waals surface area contributed by atoms with Crippen molar-refractivity contribution >= 4 is 17.8 Å². The number of hydrogen-bond acceptors (Lipinski definition) is 4. The third-order valence-electron chi connectivity index (χ3n) is 3.43. The van der Waals surface area contributed by atoms with E-state index >= 15 is 0 Å². The van der Waals surface area contributed by atoms with Gasteiger partial charge in [0, 0.05) is 29.4 Å². The molecule has 3 rings (SSSR count). The summed E-state index contributed by atoms with van der Waals surface area (Å²) in [5, 5.41) is 3.28. The molecule has 0 radical (unpaired) electrons. The molecule has 0 fully saturated rings. The molecule has 1 heterocycles. The van der Waals surface area contributed by atoms with Crippen LogP contribution in [0.2, 0.25) is 0 Å². The zero-order chi connectivity index (χ0) is 16.1. The number of aryl methyl sites for hydroxylation is 1. The quantitative estimate of drug-likeness (QED) is 0.725. The number of hydrogen-bond donors (Lipinski definition) is 1. The van der Waals surface area contributed by atoms with E-state index in [1.807, 2.05) is 67.6 Å². The van der Waals surface area contributed by atoms with Crippen LogP contribution in [0.5, 0.6) is 0 Å². The Hall–Kier alpha value is -3.01. The van der Waals surface area contributed by atoms with Crippen molar-refractivity contribution in [2.75, 3.05) is 5.32 Å². The van der Waals surface area contributed by atoms with Crippen molar-refractivity contribution in [3.8, 4) is 11.4 Å². The molecular formula is C19H17N3O. The average molecular weight is 303 g/mol. The summed E-state index contributed by atoms with van der Waals surface area (Å²) < 4.78 is 0. The molecule has 0 saturated carbocycles. The molecule has 3 aromatic rings. The van der Waals surface area contributed by atoms with Gasteiger partial charge in [0.1, 0.15) is 12.1 Å². The minimum Gasteiger partial charge on any atom is -0.340 e. The SMILES string of the molecule is Cc1cc(Nc2ccc(CC=O)cc2)nc(-c2ccccc2)n1. The van der Waals surface area contributed by atoms with Gasteiger partial charge in [0.05, 0.1) is 0 Å². The lowest BCUT2D eigenvalue weighted by Gasteiger charge is -2.09. The second-order valence-electron chi connectivity index (χ2n) is 5.28. The summed E-state index contributed by atoms with van der Waals surface area (Å²) in [6, 6.07) is 19.6. The standard InChI is InChI=1S/C19H17N3O/c1-14-13-18(21-17-9-7-15(8-10-17)11-12-23)22-19(20-14)16-5-3-2-4-6-16/h2-10,12-13H,11H2,1H3,(H,20,21,22). The van der Waals surface area contributed by atoms with Crippen molar-refractivity contribution in [1.82, 2.24) is 9.97 Å². The number of carbonyl (C=O) groups is 1. The molecule has 23 heavy (non-hydrogen) atoms. The topological polar surface area (TPSA) is 54.9 Å². The highest BCUT2D eigenvalue weighted by molar-refractivity contribution is 5.62. The number of nitrogens with zero attached hydrogens (tertiary/aromatic N) is 2. The first-order valence-corrected chi connectivity index (χ1v) is 7.45. The van der Waals surface area contributed by atoms with Gasteiger partial charge in [-0.05, 0) is 24.6 Å². The molecule has 0 spiro atoms. The van der Waals surface area contributed by atoms with E-state index in [9.17, 15) is 4.79 Å². The van der Waals surface area contributed by atoms with E-state index in [0.29, 0.717) is 12.2 Å². The summed E-state index contributed by atoms with van der Waals surface area (Å²) >= 11 is 0. The molecule has 4 heteroatoms. The van der Waals surface area contributed by atoms with E-state index in [4.69, 9.17) is 0 Å². The van der Waals surface area contributed by atoms with Gasteiger partial charge in [0.2, 0.25) is 0 Å². The number of rotatable bonds is 5. The predicted molar refractivity (Wildman–Crippen MR) is 91.7 cm³/mol. The Bertz CT molecular complexity index is 799. The molecule has 1 aromatic heterocycles. The van der Waals surface area contributed by atoms with Crippen molar-refractivity contribution in [3.63, 3.8) is 0 Å². The Morgan fingerprint density at radius 3 is 2.43 bits per heavy atom. The monoisotopic (exact) mass is 303 g/mol. The van der Waals surface area contributed by atoms with Crippen molar-refractivity contribution in [2.24, 2.45) is 0 Å². The highest BCUT2D eigenvalue weighted by atomic mass is 16.1. The van der Waals surface area contributed by atoms with Gasteiger partial charge in [-0.3, -0.25) is 0 Å². The first-order valence-electron chi connectivity index (χ1n) is 7.45. The molecule has 0 bridgehead atoms. The molecule has 0 amide bonds. The zero-order valence-corrected chi connectivity index (χ0v) is 12.9. The Balaban J connectivity index is 1.85. The number of benzene rings is 2. The van der Waals surface area contributed by atoms with E-state index in [1.54, 1.807) is 0 Å². The predicted octanol–water partition coefficient (Wildman–Crippen LogP) is 3.94. The van der Waals surface area contributed by atoms with Crippen molar-refractivity contribution in [3.05, 3.63) is 71.9 Å². The van der Waals surface area contributed by atoms with Gasteiger partial charge in [-0.25, -0.2) is 9.97 Å². The molecule has 0 atom stereocenters. The van der Waals surface area contributed by atoms with Crippen molar-refractivity contribution in [1.29, 1.82) is 0 Å². The highest BCUT2D eigenvalue weighted by Crippen LogP contribution is 2.20. The van der Waals surface area contributed by atoms with E-state index in [-0.39, 0.29) is 0 Å². The summed E-state index contributed by atoms with van der Waals surface area (Å²) in [7, 11) is 0. The number of anilines is 2. The van der Waals surface area contributed by atoms with Crippen molar-refractivity contribution < 1.29 is 4.79 Å². The largest absolute Gasteiger partial charge is 0.340 e. The summed E-state index contributed by atoms with van der Waals surface area (Å²) in [5.74, 6) is 1.45. The van der Waals surface area contributed by atoms with Crippen LogP contribution in [0.25, 0.3) is 11.4 Å². The maximum atomic E-state index is 10.5. The first kappa shape index (κ1) is 14.9. The Morgan fingerprint density at radius 1 is 1.00 bits per heavy atom. The fourth-order valence-electron chi connectivity index (χ4n) is 2.32. The Kier molecular flexibility index (Phi) is 4.43. The molecule has 0 aliphatic rings. The van der Waals surface area contributed by atoms with Gasteiger partial charge in [-0.15, -0.1) is 0 Å². The number of aromatic nitrogens is 2. The molecule has 1 N–H and O–H groups in total. The van der Waals surface area contributed by atoms with Crippen LogP contribution >= 0.6 is 0 Å². The molecule has 4 nitrogen and oxygen atoms in total. The smallest absolute Gasteiger partial charge is 0.161 e. The lowest BCUT2D eigenvalue weighted by atomic mass is 10.1. The molecular weight excluding hydrogens is 286 g/mol. The number of aldehydes is 1. The second kappa shape index (κ2) is 6.83. The van der Waals surface area contributed by atoms with Crippen LogP contribution < -0.4 is 5.32 Å². The fraction of sp³-hybridized carbons (Fsp3) is 0.105. The van der Waals surface area contributed by atoms with Crippen LogP contribution in [0.4, 0.5) is 11.5 Å². The minimum atomic E-state index is 0.436. The Labute approximate surface area is 135 Å². The van der Waals surface area contributed by atoms with Crippen LogP contribution in [0, 0.1) is 6.92 Å². The summed E-state index contributed by atoms with van der Waals surface area (Å²) in [4.78, 5) is 19.6. The van der Waals surface area contributed by atoms with Crippen LogP contribution in [-0.2, 0) is 11.2 Å². The average Bonchev–Trinajstić information content (AvgIpc) is 2.57. The maximum Gasteiger partial charge on any atom is 0.161 e. The first-order chi connectivity index (χ1) is 11.2. The summed E-state index contributed by atoms with van der Waals surface area (Å²) in [5.41, 5.74) is 3.81.